The summed E-state index contributed by atoms with van der Waals surface area (Å²) in [4.78, 5) is 0. The maximum Gasteiger partial charge on any atom is 0.488 e. The zero-order chi connectivity index (χ0) is 23.1. The molecule has 0 saturated carbocycles. The summed E-state index contributed by atoms with van der Waals surface area (Å²) in [6.07, 6.45) is 0. The highest BCUT2D eigenvalue weighted by Gasteiger charge is 2.16. The van der Waals surface area contributed by atoms with E-state index in [0.29, 0.717) is 5.46 Å². The lowest BCUT2D eigenvalue weighted by Gasteiger charge is -2.07. The van der Waals surface area contributed by atoms with Crippen molar-refractivity contribution in [3.63, 3.8) is 0 Å². The summed E-state index contributed by atoms with van der Waals surface area (Å²) in [6, 6.07) is 39.6. The van der Waals surface area contributed by atoms with E-state index in [2.05, 4.69) is 84.9 Å². The lowest BCUT2D eigenvalue weighted by Crippen LogP contribution is -2.29. The standard InChI is InChI=1S/C30H21BO2S/c32-31(33)24-13-5-12-23(19-24)26-15-7-17-28-27-16-6-14-25(29(27)34-30(26)28)22-11-4-10-21(18-22)20-8-2-1-3-9-20/h1-19,32-33H. The van der Waals surface area contributed by atoms with E-state index in [1.54, 1.807) is 17.4 Å². The van der Waals surface area contributed by atoms with Gasteiger partial charge < -0.3 is 10.0 Å². The Hall–Kier alpha value is -3.70. The van der Waals surface area contributed by atoms with Crippen LogP contribution >= 0.6 is 11.3 Å². The van der Waals surface area contributed by atoms with Crippen molar-refractivity contribution in [1.82, 2.24) is 0 Å². The first-order chi connectivity index (χ1) is 16.7. The van der Waals surface area contributed by atoms with Crippen LogP contribution in [0.5, 0.6) is 0 Å². The second-order valence-electron chi connectivity index (χ2n) is 8.41. The monoisotopic (exact) mass is 456 g/mol. The predicted octanol–water partition coefficient (Wildman–Crippen LogP) is 6.74. The van der Waals surface area contributed by atoms with Crippen LogP contribution in [0.3, 0.4) is 0 Å². The number of rotatable bonds is 4. The third-order valence-corrected chi connectivity index (χ3v) is 7.59. The van der Waals surface area contributed by atoms with Crippen LogP contribution in [-0.4, -0.2) is 17.2 Å². The van der Waals surface area contributed by atoms with Crippen molar-refractivity contribution in [1.29, 1.82) is 0 Å². The number of hydrogen-bond acceptors (Lipinski definition) is 3. The summed E-state index contributed by atoms with van der Waals surface area (Å²) in [5.74, 6) is 0. The van der Waals surface area contributed by atoms with Crippen LogP contribution in [0.15, 0.2) is 115 Å². The SMILES string of the molecule is OB(O)c1cccc(-c2cccc3c2sc2c(-c4cccc(-c5ccccc5)c4)cccc23)c1. The van der Waals surface area contributed by atoms with Crippen molar-refractivity contribution in [3.8, 4) is 33.4 Å². The van der Waals surface area contributed by atoms with E-state index in [1.807, 2.05) is 24.3 Å². The fourth-order valence-electron chi connectivity index (χ4n) is 4.64. The molecular weight excluding hydrogens is 435 g/mol. The lowest BCUT2D eigenvalue weighted by molar-refractivity contribution is 0.426. The minimum atomic E-state index is -1.48. The average Bonchev–Trinajstić information content (AvgIpc) is 3.28. The van der Waals surface area contributed by atoms with Gasteiger partial charge in [-0.15, -0.1) is 11.3 Å². The van der Waals surface area contributed by atoms with Gasteiger partial charge >= 0.3 is 7.12 Å². The van der Waals surface area contributed by atoms with E-state index in [1.165, 1.54) is 42.4 Å². The molecule has 5 aromatic carbocycles. The highest BCUT2D eigenvalue weighted by Crippen LogP contribution is 2.43. The molecule has 0 aliphatic heterocycles. The third kappa shape index (κ3) is 3.62. The molecule has 0 aliphatic carbocycles. The Morgan fingerprint density at radius 1 is 0.471 bits per heavy atom. The van der Waals surface area contributed by atoms with Crippen LogP contribution in [0.1, 0.15) is 0 Å². The van der Waals surface area contributed by atoms with Crippen LogP contribution in [0, 0.1) is 0 Å². The van der Waals surface area contributed by atoms with Gasteiger partial charge in [-0.2, -0.15) is 0 Å². The topological polar surface area (TPSA) is 40.5 Å². The highest BCUT2D eigenvalue weighted by molar-refractivity contribution is 7.26. The number of hydrogen-bond donors (Lipinski definition) is 2. The molecule has 0 fully saturated rings. The Kier molecular flexibility index (Phi) is 5.27. The summed E-state index contributed by atoms with van der Waals surface area (Å²) < 4.78 is 2.46. The summed E-state index contributed by atoms with van der Waals surface area (Å²) in [5.41, 5.74) is 7.42. The molecule has 0 bridgehead atoms. The van der Waals surface area contributed by atoms with Gasteiger partial charge in [0.2, 0.25) is 0 Å². The molecule has 0 radical (unpaired) electrons. The molecule has 0 aliphatic rings. The zero-order valence-electron chi connectivity index (χ0n) is 18.3. The van der Waals surface area contributed by atoms with Crippen molar-refractivity contribution in [2.75, 3.05) is 0 Å². The first kappa shape index (κ1) is 20.9. The summed E-state index contributed by atoms with van der Waals surface area (Å²) in [6.45, 7) is 0. The van der Waals surface area contributed by atoms with E-state index in [0.717, 1.165) is 11.1 Å². The molecule has 0 spiro atoms. The molecule has 1 aromatic heterocycles. The highest BCUT2D eigenvalue weighted by atomic mass is 32.1. The van der Waals surface area contributed by atoms with Crippen LogP contribution in [-0.2, 0) is 0 Å². The number of fused-ring (bicyclic) bond motifs is 3. The fraction of sp³-hybridized carbons (Fsp3) is 0. The van der Waals surface area contributed by atoms with Crippen molar-refractivity contribution in [2.24, 2.45) is 0 Å². The van der Waals surface area contributed by atoms with Gasteiger partial charge in [-0.05, 0) is 44.9 Å². The van der Waals surface area contributed by atoms with Gasteiger partial charge in [-0.1, -0.05) is 109 Å². The molecule has 1 heterocycles. The average molecular weight is 456 g/mol. The summed E-state index contributed by atoms with van der Waals surface area (Å²) >= 11 is 1.80. The van der Waals surface area contributed by atoms with Crippen molar-refractivity contribution >= 4 is 44.1 Å². The van der Waals surface area contributed by atoms with Gasteiger partial charge in [0.25, 0.3) is 0 Å². The van der Waals surface area contributed by atoms with Gasteiger partial charge in [0.05, 0.1) is 0 Å². The minimum absolute atomic E-state index is 0.494. The van der Waals surface area contributed by atoms with Gasteiger partial charge in [-0.3, -0.25) is 0 Å². The van der Waals surface area contributed by atoms with Crippen molar-refractivity contribution < 1.29 is 10.0 Å². The molecule has 6 aromatic rings. The second-order valence-corrected chi connectivity index (χ2v) is 9.43. The molecule has 4 heteroatoms. The minimum Gasteiger partial charge on any atom is -0.423 e. The van der Waals surface area contributed by atoms with E-state index < -0.39 is 7.12 Å². The maximum atomic E-state index is 9.65. The molecule has 34 heavy (non-hydrogen) atoms. The Balaban J connectivity index is 1.55. The Labute approximate surface area is 202 Å². The Bertz CT molecular complexity index is 1640. The molecule has 2 nitrogen and oxygen atoms in total. The first-order valence-corrected chi connectivity index (χ1v) is 12.1. The van der Waals surface area contributed by atoms with Gasteiger partial charge in [0.15, 0.2) is 0 Å². The maximum absolute atomic E-state index is 9.65. The van der Waals surface area contributed by atoms with Crippen LogP contribution in [0.2, 0.25) is 0 Å². The molecule has 6 rings (SSSR count). The zero-order valence-corrected chi connectivity index (χ0v) is 19.2. The predicted molar refractivity (Wildman–Crippen MR) is 145 cm³/mol. The second kappa shape index (κ2) is 8.58. The van der Waals surface area contributed by atoms with E-state index >= 15 is 0 Å². The Morgan fingerprint density at radius 2 is 1.00 bits per heavy atom. The normalized spacial score (nSPS) is 11.2. The molecule has 2 N–H and O–H groups in total. The molecule has 0 atom stereocenters. The first-order valence-electron chi connectivity index (χ1n) is 11.3. The summed E-state index contributed by atoms with van der Waals surface area (Å²) in [5, 5.41) is 21.8. The van der Waals surface area contributed by atoms with Gasteiger partial charge in [0.1, 0.15) is 0 Å². The number of thiophene rings is 1. The smallest absolute Gasteiger partial charge is 0.423 e. The van der Waals surface area contributed by atoms with Gasteiger partial charge in [0, 0.05) is 20.2 Å². The summed E-state index contributed by atoms with van der Waals surface area (Å²) in [7, 11) is -1.48. The molecule has 162 valence electrons. The lowest BCUT2D eigenvalue weighted by atomic mass is 9.79. The van der Waals surface area contributed by atoms with Gasteiger partial charge in [-0.25, -0.2) is 0 Å². The molecular formula is C30H21BO2S. The number of benzene rings is 5. The van der Waals surface area contributed by atoms with Crippen molar-refractivity contribution in [3.05, 3.63) is 115 Å². The van der Waals surface area contributed by atoms with Crippen LogP contribution in [0.4, 0.5) is 0 Å². The molecule has 0 saturated heterocycles. The van der Waals surface area contributed by atoms with Crippen LogP contribution in [0.25, 0.3) is 53.6 Å². The van der Waals surface area contributed by atoms with Crippen molar-refractivity contribution in [2.45, 2.75) is 0 Å². The molecule has 0 amide bonds. The van der Waals surface area contributed by atoms with Crippen LogP contribution < -0.4 is 5.46 Å². The third-order valence-electron chi connectivity index (χ3n) is 6.30. The van der Waals surface area contributed by atoms with E-state index in [9.17, 15) is 10.0 Å². The molecule has 0 unspecified atom stereocenters. The van der Waals surface area contributed by atoms with E-state index in [-0.39, 0.29) is 0 Å². The Morgan fingerprint density at radius 3 is 1.65 bits per heavy atom. The van der Waals surface area contributed by atoms with E-state index in [4.69, 9.17) is 0 Å². The largest absolute Gasteiger partial charge is 0.488 e. The quantitative estimate of drug-likeness (QED) is 0.289. The fourth-order valence-corrected chi connectivity index (χ4v) is 6.01.